The van der Waals surface area contributed by atoms with Crippen LogP contribution in [-0.2, 0) is 6.18 Å². The fourth-order valence-electron chi connectivity index (χ4n) is 0.831. The van der Waals surface area contributed by atoms with Gasteiger partial charge in [-0.1, -0.05) is 0 Å². The summed E-state index contributed by atoms with van der Waals surface area (Å²) in [7, 11) is 0. The van der Waals surface area contributed by atoms with E-state index in [0.29, 0.717) is 6.07 Å². The second kappa shape index (κ2) is 3.52. The van der Waals surface area contributed by atoms with Crippen molar-refractivity contribution >= 4 is 21.6 Å². The Morgan fingerprint density at radius 3 is 2.43 bits per heavy atom. The van der Waals surface area contributed by atoms with E-state index in [9.17, 15) is 23.3 Å². The van der Waals surface area contributed by atoms with Crippen molar-refractivity contribution in [3.8, 4) is 0 Å². The minimum absolute atomic E-state index is 0.433. The van der Waals surface area contributed by atoms with Crippen LogP contribution in [0.3, 0.4) is 0 Å². The van der Waals surface area contributed by atoms with Crippen molar-refractivity contribution in [3.63, 3.8) is 0 Å². The van der Waals surface area contributed by atoms with Gasteiger partial charge in [0.2, 0.25) is 0 Å². The van der Waals surface area contributed by atoms with E-state index in [1.807, 2.05) is 0 Å². The summed E-state index contributed by atoms with van der Waals surface area (Å²) in [5, 5.41) is 10.3. The number of aromatic nitrogens is 1. The number of hydrogen-bond donors (Lipinski definition) is 0. The lowest BCUT2D eigenvalue weighted by atomic mass is 10.2. The quantitative estimate of drug-likeness (QED) is 0.448. The van der Waals surface area contributed by atoms with Crippen molar-refractivity contribution < 1.29 is 18.1 Å². The van der Waals surface area contributed by atoms with Crippen LogP contribution in [0.15, 0.2) is 16.9 Å². The molecule has 0 amide bonds. The van der Waals surface area contributed by atoms with E-state index in [-0.39, 0.29) is 0 Å². The van der Waals surface area contributed by atoms with Gasteiger partial charge in [-0.25, -0.2) is 4.98 Å². The maximum absolute atomic E-state index is 12.2. The van der Waals surface area contributed by atoms with Gasteiger partial charge in [0.25, 0.3) is 0 Å². The summed E-state index contributed by atoms with van der Waals surface area (Å²) in [5.74, 6) is 0. The van der Waals surface area contributed by atoms with Gasteiger partial charge in [-0.15, -0.1) is 0 Å². The number of hydrogen-bond acceptors (Lipinski definition) is 3. The summed E-state index contributed by atoms with van der Waals surface area (Å²) >= 11 is 2.59. The molecule has 0 radical (unpaired) electrons. The molecule has 4 nitrogen and oxygen atoms in total. The average molecular weight is 271 g/mol. The van der Waals surface area contributed by atoms with Crippen molar-refractivity contribution in [1.29, 1.82) is 0 Å². The zero-order valence-corrected chi connectivity index (χ0v) is 7.96. The second-order valence-corrected chi connectivity index (χ2v) is 3.00. The summed E-state index contributed by atoms with van der Waals surface area (Å²) in [6, 6.07) is 0.558. The largest absolute Gasteiger partial charge is 0.423 e. The van der Waals surface area contributed by atoms with Crippen molar-refractivity contribution in [3.05, 3.63) is 32.5 Å². The van der Waals surface area contributed by atoms with E-state index in [0.717, 1.165) is 6.20 Å². The molecule has 1 rings (SSSR count). The van der Waals surface area contributed by atoms with Crippen LogP contribution in [0.25, 0.3) is 0 Å². The number of halogens is 4. The van der Waals surface area contributed by atoms with Crippen LogP contribution in [-0.4, -0.2) is 9.91 Å². The van der Waals surface area contributed by atoms with Gasteiger partial charge in [0.1, 0.15) is 5.56 Å². The molecular formula is C6H2BrF3N2O2. The van der Waals surface area contributed by atoms with Gasteiger partial charge in [-0.3, -0.25) is 10.1 Å². The maximum atomic E-state index is 12.2. The molecule has 0 aromatic carbocycles. The third-order valence-electron chi connectivity index (χ3n) is 1.37. The molecule has 1 aromatic rings. The van der Waals surface area contributed by atoms with Crippen molar-refractivity contribution in [2.75, 3.05) is 0 Å². The highest BCUT2D eigenvalue weighted by Gasteiger charge is 2.39. The van der Waals surface area contributed by atoms with Gasteiger partial charge in [-0.2, -0.15) is 13.2 Å². The van der Waals surface area contributed by atoms with E-state index in [4.69, 9.17) is 0 Å². The molecule has 0 spiro atoms. The van der Waals surface area contributed by atoms with E-state index in [1.54, 1.807) is 0 Å². The lowest BCUT2D eigenvalue weighted by Crippen LogP contribution is -2.09. The van der Waals surface area contributed by atoms with Gasteiger partial charge in [0.05, 0.1) is 4.92 Å². The molecule has 0 N–H and O–H groups in total. The molecule has 0 aliphatic carbocycles. The third kappa shape index (κ3) is 2.00. The molecule has 0 unspecified atom stereocenters. The molecule has 76 valence electrons. The molecule has 1 heterocycles. The van der Waals surface area contributed by atoms with E-state index in [2.05, 4.69) is 20.9 Å². The first-order chi connectivity index (χ1) is 6.34. The minimum Gasteiger partial charge on any atom is -0.258 e. The van der Waals surface area contributed by atoms with E-state index < -0.39 is 27.0 Å². The zero-order valence-electron chi connectivity index (χ0n) is 6.38. The summed E-state index contributed by atoms with van der Waals surface area (Å²) in [6.07, 6.45) is -3.91. The summed E-state index contributed by atoms with van der Waals surface area (Å²) < 4.78 is 36.3. The zero-order chi connectivity index (χ0) is 10.9. The molecule has 14 heavy (non-hydrogen) atoms. The Kier molecular flexibility index (Phi) is 2.74. The molecular weight excluding hydrogens is 269 g/mol. The Labute approximate surface area is 84.0 Å². The fraction of sp³-hybridized carbons (Fsp3) is 0.167. The predicted octanol–water partition coefficient (Wildman–Crippen LogP) is 2.77. The van der Waals surface area contributed by atoms with Crippen molar-refractivity contribution in [2.24, 2.45) is 0 Å². The predicted molar refractivity (Wildman–Crippen MR) is 43.6 cm³/mol. The molecule has 0 aliphatic heterocycles. The van der Waals surface area contributed by atoms with Crippen LogP contribution in [0.1, 0.15) is 5.56 Å². The SMILES string of the molecule is O=[N+]([O-])c1c(C(F)(F)F)ccnc1Br. The van der Waals surface area contributed by atoms with Crippen LogP contribution in [0.2, 0.25) is 0 Å². The highest BCUT2D eigenvalue weighted by atomic mass is 79.9. The average Bonchev–Trinajstić information content (AvgIpc) is 2.01. The molecule has 8 heteroatoms. The Hall–Kier alpha value is -1.18. The van der Waals surface area contributed by atoms with Crippen LogP contribution < -0.4 is 0 Å². The smallest absolute Gasteiger partial charge is 0.258 e. The van der Waals surface area contributed by atoms with Crippen molar-refractivity contribution in [1.82, 2.24) is 4.98 Å². The number of alkyl halides is 3. The fourth-order valence-corrected chi connectivity index (χ4v) is 1.31. The summed E-state index contributed by atoms with van der Waals surface area (Å²) in [4.78, 5) is 12.5. The van der Waals surface area contributed by atoms with E-state index in [1.165, 1.54) is 0 Å². The summed E-state index contributed by atoms with van der Waals surface area (Å²) in [5.41, 5.74) is -2.38. The van der Waals surface area contributed by atoms with Crippen LogP contribution in [0.5, 0.6) is 0 Å². The number of nitrogens with zero attached hydrogens (tertiary/aromatic N) is 2. The van der Waals surface area contributed by atoms with Gasteiger partial charge < -0.3 is 0 Å². The van der Waals surface area contributed by atoms with Gasteiger partial charge in [0, 0.05) is 6.20 Å². The third-order valence-corrected chi connectivity index (χ3v) is 1.95. The van der Waals surface area contributed by atoms with Crippen LogP contribution in [0.4, 0.5) is 18.9 Å². The molecule has 0 aliphatic rings. The normalized spacial score (nSPS) is 11.4. The molecule has 0 saturated heterocycles. The van der Waals surface area contributed by atoms with Crippen LogP contribution in [0, 0.1) is 10.1 Å². The topological polar surface area (TPSA) is 56.0 Å². The monoisotopic (exact) mass is 270 g/mol. The number of nitro groups is 1. The summed E-state index contributed by atoms with van der Waals surface area (Å²) in [6.45, 7) is 0. The first-order valence-electron chi connectivity index (χ1n) is 3.20. The van der Waals surface area contributed by atoms with Gasteiger partial charge >= 0.3 is 11.9 Å². The Bertz CT molecular complexity index is 380. The standard InChI is InChI=1S/C6H2BrF3N2O2/c7-5-4(12(13)14)3(1-2-11-5)6(8,9)10/h1-2H. The highest BCUT2D eigenvalue weighted by Crippen LogP contribution is 2.38. The number of rotatable bonds is 1. The second-order valence-electron chi connectivity index (χ2n) is 2.25. The van der Waals surface area contributed by atoms with Gasteiger partial charge in [0.15, 0.2) is 4.60 Å². The Morgan fingerprint density at radius 2 is 2.07 bits per heavy atom. The first-order valence-corrected chi connectivity index (χ1v) is 3.99. The van der Waals surface area contributed by atoms with Gasteiger partial charge in [-0.05, 0) is 22.0 Å². The molecule has 0 saturated carbocycles. The minimum atomic E-state index is -4.76. The lowest BCUT2D eigenvalue weighted by Gasteiger charge is -2.06. The molecule has 0 atom stereocenters. The Morgan fingerprint density at radius 1 is 1.50 bits per heavy atom. The maximum Gasteiger partial charge on any atom is 0.423 e. The molecule has 0 fully saturated rings. The number of pyridine rings is 1. The van der Waals surface area contributed by atoms with Crippen molar-refractivity contribution in [2.45, 2.75) is 6.18 Å². The lowest BCUT2D eigenvalue weighted by molar-refractivity contribution is -0.389. The van der Waals surface area contributed by atoms with Crippen LogP contribution >= 0.6 is 15.9 Å². The van der Waals surface area contributed by atoms with E-state index >= 15 is 0 Å². The molecule has 0 bridgehead atoms. The first kappa shape index (κ1) is 10.9. The highest BCUT2D eigenvalue weighted by molar-refractivity contribution is 9.10. The molecule has 1 aromatic heterocycles. The Balaban J connectivity index is 3.44.